The third-order valence-electron chi connectivity index (χ3n) is 4.03. The summed E-state index contributed by atoms with van der Waals surface area (Å²) in [6.45, 7) is 4.40. The van der Waals surface area contributed by atoms with Crippen LogP contribution in [-0.4, -0.2) is 15.6 Å². The van der Waals surface area contributed by atoms with Gasteiger partial charge < -0.3 is 5.32 Å². The molecular formula is C15H25N3O2. The highest BCUT2D eigenvalue weighted by Gasteiger charge is 2.13. The fourth-order valence-electron chi connectivity index (χ4n) is 2.77. The largest absolute Gasteiger partial charge is 0.328 e. The van der Waals surface area contributed by atoms with Crippen LogP contribution in [0.5, 0.6) is 0 Å². The molecule has 5 heteroatoms. The van der Waals surface area contributed by atoms with Gasteiger partial charge in [-0.2, -0.15) is 0 Å². The first-order valence-corrected chi connectivity index (χ1v) is 7.65. The van der Waals surface area contributed by atoms with Gasteiger partial charge in [0.2, 0.25) is 0 Å². The lowest BCUT2D eigenvalue weighted by molar-refractivity contribution is 0.454. The second kappa shape index (κ2) is 6.88. The molecule has 1 saturated carbocycles. The van der Waals surface area contributed by atoms with Crippen molar-refractivity contribution in [2.75, 3.05) is 0 Å². The summed E-state index contributed by atoms with van der Waals surface area (Å²) in [5.74, 6) is 0. The Bertz CT molecular complexity index is 537. The van der Waals surface area contributed by atoms with Gasteiger partial charge >= 0.3 is 5.69 Å². The van der Waals surface area contributed by atoms with E-state index in [2.05, 4.69) is 10.3 Å². The van der Waals surface area contributed by atoms with E-state index in [0.717, 1.165) is 0 Å². The van der Waals surface area contributed by atoms with Gasteiger partial charge in [-0.15, -0.1) is 0 Å². The molecule has 1 heterocycles. The molecule has 5 nitrogen and oxygen atoms in total. The molecule has 0 aromatic carbocycles. The standard InChI is InChI=1S/C15H25N3O2/c1-11(2)18-10-12(14(19)17-15(18)20)9-16-13-7-5-3-4-6-8-13/h10-11,13,16H,3-9H2,1-2H3,(H,17,19,20). The summed E-state index contributed by atoms with van der Waals surface area (Å²) in [6.07, 6.45) is 9.21. The van der Waals surface area contributed by atoms with E-state index in [4.69, 9.17) is 0 Å². The van der Waals surface area contributed by atoms with Gasteiger partial charge in [0.05, 0.1) is 0 Å². The van der Waals surface area contributed by atoms with Crippen molar-refractivity contribution in [3.05, 3.63) is 32.6 Å². The van der Waals surface area contributed by atoms with Crippen molar-refractivity contribution in [1.29, 1.82) is 0 Å². The summed E-state index contributed by atoms with van der Waals surface area (Å²) in [7, 11) is 0. The average molecular weight is 279 g/mol. The first-order valence-electron chi connectivity index (χ1n) is 7.65. The fraction of sp³-hybridized carbons (Fsp3) is 0.733. The van der Waals surface area contributed by atoms with Crippen LogP contribution in [0.25, 0.3) is 0 Å². The van der Waals surface area contributed by atoms with E-state index < -0.39 is 0 Å². The third-order valence-corrected chi connectivity index (χ3v) is 4.03. The van der Waals surface area contributed by atoms with Crippen LogP contribution in [0.2, 0.25) is 0 Å². The fourth-order valence-corrected chi connectivity index (χ4v) is 2.77. The Kier molecular flexibility index (Phi) is 5.17. The van der Waals surface area contributed by atoms with Crippen molar-refractivity contribution in [2.45, 2.75) is 71.0 Å². The predicted molar refractivity (Wildman–Crippen MR) is 80.0 cm³/mol. The second-order valence-electron chi connectivity index (χ2n) is 5.98. The normalized spacial score (nSPS) is 17.4. The smallest absolute Gasteiger partial charge is 0.310 e. The Labute approximate surface area is 119 Å². The number of hydrogen-bond acceptors (Lipinski definition) is 3. The van der Waals surface area contributed by atoms with Gasteiger partial charge in [0.1, 0.15) is 0 Å². The van der Waals surface area contributed by atoms with Crippen LogP contribution in [-0.2, 0) is 6.54 Å². The van der Waals surface area contributed by atoms with Gasteiger partial charge in [0.15, 0.2) is 0 Å². The molecule has 20 heavy (non-hydrogen) atoms. The summed E-state index contributed by atoms with van der Waals surface area (Å²) in [5.41, 5.74) is 0.0405. The first-order chi connectivity index (χ1) is 9.58. The second-order valence-corrected chi connectivity index (χ2v) is 5.98. The maximum atomic E-state index is 11.8. The summed E-state index contributed by atoms with van der Waals surface area (Å²) in [5, 5.41) is 3.47. The maximum absolute atomic E-state index is 11.8. The minimum Gasteiger partial charge on any atom is -0.310 e. The Morgan fingerprint density at radius 3 is 2.50 bits per heavy atom. The van der Waals surface area contributed by atoms with Gasteiger partial charge in [0, 0.05) is 30.4 Å². The Morgan fingerprint density at radius 2 is 1.90 bits per heavy atom. The molecular weight excluding hydrogens is 254 g/mol. The van der Waals surface area contributed by atoms with Crippen molar-refractivity contribution in [3.8, 4) is 0 Å². The Hall–Kier alpha value is -1.36. The lowest BCUT2D eigenvalue weighted by Crippen LogP contribution is -2.36. The molecule has 1 aliphatic rings. The van der Waals surface area contributed by atoms with Gasteiger partial charge in [0.25, 0.3) is 5.56 Å². The quantitative estimate of drug-likeness (QED) is 0.828. The minimum absolute atomic E-state index is 0.0518. The van der Waals surface area contributed by atoms with Gasteiger partial charge in [-0.05, 0) is 26.7 Å². The zero-order valence-corrected chi connectivity index (χ0v) is 12.4. The van der Waals surface area contributed by atoms with Gasteiger partial charge in [-0.1, -0.05) is 25.7 Å². The number of rotatable bonds is 4. The minimum atomic E-state index is -0.330. The molecule has 0 radical (unpaired) electrons. The molecule has 0 saturated heterocycles. The lowest BCUT2D eigenvalue weighted by Gasteiger charge is -2.17. The molecule has 0 spiro atoms. The van der Waals surface area contributed by atoms with E-state index in [-0.39, 0.29) is 17.3 Å². The molecule has 0 atom stereocenters. The Balaban J connectivity index is 2.07. The number of nitrogens with one attached hydrogen (secondary N) is 2. The number of aromatic nitrogens is 2. The van der Waals surface area contributed by atoms with Crippen LogP contribution in [0.4, 0.5) is 0 Å². The molecule has 1 aliphatic carbocycles. The van der Waals surface area contributed by atoms with E-state index in [1.807, 2.05) is 13.8 Å². The van der Waals surface area contributed by atoms with Crippen molar-refractivity contribution in [2.24, 2.45) is 0 Å². The SMILES string of the molecule is CC(C)n1cc(CNC2CCCCCC2)c(=O)[nH]c1=O. The van der Waals surface area contributed by atoms with Gasteiger partial charge in [-0.3, -0.25) is 14.3 Å². The zero-order valence-electron chi connectivity index (χ0n) is 12.4. The van der Waals surface area contributed by atoms with Gasteiger partial charge in [-0.25, -0.2) is 4.79 Å². The zero-order chi connectivity index (χ0) is 14.5. The number of H-pyrrole nitrogens is 1. The van der Waals surface area contributed by atoms with E-state index in [1.165, 1.54) is 38.5 Å². The highest BCUT2D eigenvalue weighted by atomic mass is 16.2. The average Bonchev–Trinajstić information content (AvgIpc) is 2.66. The van der Waals surface area contributed by atoms with Crippen molar-refractivity contribution in [3.63, 3.8) is 0 Å². The first kappa shape index (κ1) is 15.0. The summed E-state index contributed by atoms with van der Waals surface area (Å²) in [6, 6.07) is 0.548. The molecule has 0 bridgehead atoms. The monoisotopic (exact) mass is 279 g/mol. The summed E-state index contributed by atoms with van der Waals surface area (Å²) >= 11 is 0. The van der Waals surface area contributed by atoms with Crippen LogP contribution in [0.3, 0.4) is 0 Å². The van der Waals surface area contributed by atoms with Crippen LogP contribution in [0, 0.1) is 0 Å². The molecule has 2 rings (SSSR count). The Morgan fingerprint density at radius 1 is 1.25 bits per heavy atom. The third kappa shape index (κ3) is 3.82. The molecule has 2 N–H and O–H groups in total. The molecule has 0 unspecified atom stereocenters. The summed E-state index contributed by atoms with van der Waals surface area (Å²) < 4.78 is 1.57. The van der Waals surface area contributed by atoms with Crippen LogP contribution in [0.15, 0.2) is 15.8 Å². The highest BCUT2D eigenvalue weighted by Crippen LogP contribution is 2.17. The summed E-state index contributed by atoms with van der Waals surface area (Å²) in [4.78, 5) is 25.9. The number of nitrogens with zero attached hydrogens (tertiary/aromatic N) is 1. The van der Waals surface area contributed by atoms with E-state index in [1.54, 1.807) is 10.8 Å². The molecule has 112 valence electrons. The molecule has 1 aromatic rings. The highest BCUT2D eigenvalue weighted by molar-refractivity contribution is 5.05. The van der Waals surface area contributed by atoms with E-state index in [0.29, 0.717) is 18.2 Å². The number of aromatic amines is 1. The van der Waals surface area contributed by atoms with E-state index >= 15 is 0 Å². The van der Waals surface area contributed by atoms with Crippen molar-refractivity contribution >= 4 is 0 Å². The van der Waals surface area contributed by atoms with Crippen LogP contribution in [0.1, 0.15) is 64.0 Å². The molecule has 0 aliphatic heterocycles. The predicted octanol–water partition coefficient (Wildman–Crippen LogP) is 1.93. The van der Waals surface area contributed by atoms with Crippen LogP contribution >= 0.6 is 0 Å². The lowest BCUT2D eigenvalue weighted by atomic mass is 10.1. The van der Waals surface area contributed by atoms with E-state index in [9.17, 15) is 9.59 Å². The number of hydrogen-bond donors (Lipinski definition) is 2. The van der Waals surface area contributed by atoms with Crippen molar-refractivity contribution in [1.82, 2.24) is 14.9 Å². The van der Waals surface area contributed by atoms with Crippen molar-refractivity contribution < 1.29 is 0 Å². The molecule has 1 aromatic heterocycles. The topological polar surface area (TPSA) is 66.9 Å². The van der Waals surface area contributed by atoms with Crippen LogP contribution < -0.4 is 16.6 Å². The maximum Gasteiger partial charge on any atom is 0.328 e. The molecule has 0 amide bonds. The molecule has 1 fully saturated rings.